The smallest absolute Gasteiger partial charge is 0.290 e. The molecule has 0 amide bonds. The quantitative estimate of drug-likeness (QED) is 0.724. The van der Waals surface area contributed by atoms with E-state index in [4.69, 9.17) is 9.15 Å². The number of carbonyl (C=O) groups is 1. The van der Waals surface area contributed by atoms with Gasteiger partial charge < -0.3 is 9.15 Å². The first-order chi connectivity index (χ1) is 7.28. The Bertz CT molecular complexity index is 476. The van der Waals surface area contributed by atoms with Crippen molar-refractivity contribution in [3.63, 3.8) is 0 Å². The van der Waals surface area contributed by atoms with E-state index in [1.165, 1.54) is 30.3 Å². The monoisotopic (exact) mass is 206 g/mol. The van der Waals surface area contributed by atoms with Crippen molar-refractivity contribution < 1.29 is 18.3 Å². The summed E-state index contributed by atoms with van der Waals surface area (Å²) in [5.41, 5.74) is 0. The highest BCUT2D eigenvalue weighted by molar-refractivity contribution is 5.70. The lowest BCUT2D eigenvalue weighted by molar-refractivity contribution is 0.109. The molecule has 2 aromatic rings. The first-order valence-corrected chi connectivity index (χ1v) is 4.26. The predicted molar refractivity (Wildman–Crippen MR) is 50.6 cm³/mol. The van der Waals surface area contributed by atoms with E-state index in [1.807, 2.05) is 0 Å². The Morgan fingerprint density at radius 3 is 2.80 bits per heavy atom. The fourth-order valence-electron chi connectivity index (χ4n) is 1.10. The van der Waals surface area contributed by atoms with Crippen molar-refractivity contribution in [2.75, 3.05) is 0 Å². The van der Waals surface area contributed by atoms with Gasteiger partial charge in [0.25, 0.3) is 5.95 Å². The average molecular weight is 206 g/mol. The van der Waals surface area contributed by atoms with Crippen LogP contribution < -0.4 is 4.74 Å². The second-order valence-electron chi connectivity index (χ2n) is 2.83. The number of aldehydes is 1. The zero-order valence-corrected chi connectivity index (χ0v) is 7.64. The van der Waals surface area contributed by atoms with E-state index in [2.05, 4.69) is 0 Å². The van der Waals surface area contributed by atoms with Crippen LogP contribution in [0.25, 0.3) is 0 Å². The van der Waals surface area contributed by atoms with Crippen LogP contribution in [0.1, 0.15) is 10.6 Å². The third-order valence-corrected chi connectivity index (χ3v) is 1.73. The number of hydrogen-bond acceptors (Lipinski definition) is 3. The van der Waals surface area contributed by atoms with Gasteiger partial charge in [-0.15, -0.1) is 0 Å². The van der Waals surface area contributed by atoms with Crippen LogP contribution in [0.2, 0.25) is 0 Å². The molecule has 2 rings (SSSR count). The minimum Gasteiger partial charge on any atom is -0.426 e. The molecule has 0 aliphatic carbocycles. The van der Waals surface area contributed by atoms with Gasteiger partial charge in [0.05, 0.1) is 0 Å². The van der Waals surface area contributed by atoms with Crippen LogP contribution in [0, 0.1) is 5.82 Å². The molecule has 0 atom stereocenters. The second-order valence-corrected chi connectivity index (χ2v) is 2.83. The van der Waals surface area contributed by atoms with E-state index >= 15 is 0 Å². The van der Waals surface area contributed by atoms with Gasteiger partial charge in [0.15, 0.2) is 12.0 Å². The number of hydrogen-bond donors (Lipinski definition) is 0. The molecule has 1 aromatic carbocycles. The highest BCUT2D eigenvalue weighted by atomic mass is 19.1. The van der Waals surface area contributed by atoms with Crippen molar-refractivity contribution in [2.45, 2.75) is 0 Å². The van der Waals surface area contributed by atoms with Crippen molar-refractivity contribution in [1.29, 1.82) is 0 Å². The Labute approximate surface area is 85.1 Å². The van der Waals surface area contributed by atoms with Gasteiger partial charge in [-0.3, -0.25) is 4.79 Å². The average Bonchev–Trinajstić information content (AvgIpc) is 2.65. The second kappa shape index (κ2) is 3.96. The maximum absolute atomic E-state index is 12.8. The van der Waals surface area contributed by atoms with Crippen LogP contribution in [0.5, 0.6) is 11.7 Å². The van der Waals surface area contributed by atoms with Gasteiger partial charge in [0.2, 0.25) is 0 Å². The van der Waals surface area contributed by atoms with Crippen LogP contribution >= 0.6 is 0 Å². The van der Waals surface area contributed by atoms with Crippen molar-refractivity contribution in [2.24, 2.45) is 0 Å². The maximum atomic E-state index is 12.8. The molecule has 1 aromatic heterocycles. The summed E-state index contributed by atoms with van der Waals surface area (Å²) in [6.45, 7) is 0. The zero-order chi connectivity index (χ0) is 10.7. The Morgan fingerprint density at radius 1 is 1.27 bits per heavy atom. The van der Waals surface area contributed by atoms with E-state index in [0.29, 0.717) is 12.0 Å². The lowest BCUT2D eigenvalue weighted by Crippen LogP contribution is -1.82. The third kappa shape index (κ3) is 2.22. The molecule has 15 heavy (non-hydrogen) atoms. The SMILES string of the molecule is O=Cc1ccc(Oc2cccc(F)c2)o1. The van der Waals surface area contributed by atoms with Gasteiger partial charge in [-0.2, -0.15) is 0 Å². The summed E-state index contributed by atoms with van der Waals surface area (Å²) < 4.78 is 22.9. The van der Waals surface area contributed by atoms with Gasteiger partial charge in [-0.25, -0.2) is 4.39 Å². The minimum absolute atomic E-state index is 0.155. The highest BCUT2D eigenvalue weighted by Crippen LogP contribution is 2.23. The molecule has 0 radical (unpaired) electrons. The summed E-state index contributed by atoms with van der Waals surface area (Å²) >= 11 is 0. The highest BCUT2D eigenvalue weighted by Gasteiger charge is 2.03. The van der Waals surface area contributed by atoms with E-state index in [9.17, 15) is 9.18 Å². The molecule has 76 valence electrons. The number of ether oxygens (including phenoxy) is 1. The first-order valence-electron chi connectivity index (χ1n) is 4.26. The predicted octanol–water partition coefficient (Wildman–Crippen LogP) is 3.02. The van der Waals surface area contributed by atoms with Gasteiger partial charge in [-0.1, -0.05) is 6.07 Å². The molecular weight excluding hydrogens is 199 g/mol. The van der Waals surface area contributed by atoms with Crippen molar-refractivity contribution in [1.82, 2.24) is 0 Å². The first kappa shape index (κ1) is 9.45. The van der Waals surface area contributed by atoms with Gasteiger partial charge in [0.1, 0.15) is 11.6 Å². The Hall–Kier alpha value is -2.10. The van der Waals surface area contributed by atoms with Gasteiger partial charge >= 0.3 is 0 Å². The molecule has 1 heterocycles. The topological polar surface area (TPSA) is 39.4 Å². The summed E-state index contributed by atoms with van der Waals surface area (Å²) in [6.07, 6.45) is 0.568. The number of carbonyl (C=O) groups excluding carboxylic acids is 1. The summed E-state index contributed by atoms with van der Waals surface area (Å²) in [5.74, 6) is 0.251. The summed E-state index contributed by atoms with van der Waals surface area (Å²) in [5, 5.41) is 0. The van der Waals surface area contributed by atoms with Crippen molar-refractivity contribution in [3.8, 4) is 11.7 Å². The van der Waals surface area contributed by atoms with Crippen molar-refractivity contribution in [3.05, 3.63) is 48.0 Å². The molecule has 0 saturated carbocycles. The summed E-state index contributed by atoms with van der Waals surface area (Å²) in [6, 6.07) is 8.62. The standard InChI is InChI=1S/C11H7FO3/c12-8-2-1-3-9(6-8)14-11-5-4-10(7-13)15-11/h1-7H. The third-order valence-electron chi connectivity index (χ3n) is 1.73. The molecule has 0 fully saturated rings. The van der Waals surface area contributed by atoms with Crippen LogP contribution in [-0.2, 0) is 0 Å². The molecule has 0 unspecified atom stereocenters. The summed E-state index contributed by atoms with van der Waals surface area (Å²) in [7, 11) is 0. The fraction of sp³-hybridized carbons (Fsp3) is 0. The molecule has 0 saturated heterocycles. The number of halogens is 1. The van der Waals surface area contributed by atoms with Crippen LogP contribution in [0.15, 0.2) is 40.8 Å². The van der Waals surface area contributed by atoms with Crippen molar-refractivity contribution >= 4 is 6.29 Å². The lowest BCUT2D eigenvalue weighted by Gasteiger charge is -2.00. The summed E-state index contributed by atoms with van der Waals surface area (Å²) in [4.78, 5) is 10.3. The van der Waals surface area contributed by atoms with E-state index in [-0.39, 0.29) is 11.7 Å². The zero-order valence-electron chi connectivity index (χ0n) is 7.64. The number of furan rings is 1. The molecule has 0 N–H and O–H groups in total. The fourth-order valence-corrected chi connectivity index (χ4v) is 1.10. The van der Waals surface area contributed by atoms with E-state index in [0.717, 1.165) is 0 Å². The molecule has 3 nitrogen and oxygen atoms in total. The van der Waals surface area contributed by atoms with E-state index in [1.54, 1.807) is 6.07 Å². The normalized spacial score (nSPS) is 9.93. The lowest BCUT2D eigenvalue weighted by atomic mass is 10.3. The van der Waals surface area contributed by atoms with Crippen LogP contribution in [-0.4, -0.2) is 6.29 Å². The largest absolute Gasteiger partial charge is 0.426 e. The Balaban J connectivity index is 2.18. The van der Waals surface area contributed by atoms with Gasteiger partial charge in [0, 0.05) is 12.1 Å². The molecular formula is C11H7FO3. The Kier molecular flexibility index (Phi) is 2.49. The molecule has 0 spiro atoms. The number of benzene rings is 1. The van der Waals surface area contributed by atoms with Gasteiger partial charge in [-0.05, 0) is 18.2 Å². The van der Waals surface area contributed by atoms with E-state index < -0.39 is 5.82 Å². The van der Waals surface area contributed by atoms with Crippen LogP contribution in [0.4, 0.5) is 4.39 Å². The van der Waals surface area contributed by atoms with Crippen LogP contribution in [0.3, 0.4) is 0 Å². The maximum Gasteiger partial charge on any atom is 0.290 e. The minimum atomic E-state index is -0.394. The Morgan fingerprint density at radius 2 is 2.13 bits per heavy atom. The molecule has 4 heteroatoms. The molecule has 0 bridgehead atoms. The molecule has 0 aliphatic rings. The molecule has 0 aliphatic heterocycles. The number of rotatable bonds is 3.